The van der Waals surface area contributed by atoms with E-state index in [0.29, 0.717) is 8.66 Å². The van der Waals surface area contributed by atoms with E-state index in [2.05, 4.69) is 15.9 Å². The molecule has 108 valence electrons. The quantitative estimate of drug-likeness (QED) is 0.805. The third-order valence-electron chi connectivity index (χ3n) is 1.98. The summed E-state index contributed by atoms with van der Waals surface area (Å²) >= 11 is 4.17. The lowest BCUT2D eigenvalue weighted by molar-refractivity contribution is -0.274. The molecule has 0 spiro atoms. The number of alkyl halides is 6. The summed E-state index contributed by atoms with van der Waals surface area (Å²) < 4.78 is 73.9. The zero-order valence-electron chi connectivity index (χ0n) is 8.90. The number of carbonyl (C=O) groups is 1. The van der Waals surface area contributed by atoms with Crippen LogP contribution < -0.4 is 5.32 Å². The van der Waals surface area contributed by atoms with E-state index < -0.39 is 30.7 Å². The van der Waals surface area contributed by atoms with Gasteiger partial charge in [0.15, 0.2) is 0 Å². The van der Waals surface area contributed by atoms with Crippen LogP contribution in [0.5, 0.6) is 0 Å². The zero-order valence-corrected chi connectivity index (χ0v) is 11.3. The highest BCUT2D eigenvalue weighted by molar-refractivity contribution is 9.11. The molecule has 0 unspecified atom stereocenters. The van der Waals surface area contributed by atoms with Gasteiger partial charge in [-0.15, -0.1) is 11.3 Å². The van der Waals surface area contributed by atoms with Gasteiger partial charge in [-0.2, -0.15) is 26.3 Å². The van der Waals surface area contributed by atoms with Crippen LogP contribution in [0, 0.1) is 5.92 Å². The van der Waals surface area contributed by atoms with Crippen LogP contribution in [0.3, 0.4) is 0 Å². The number of hydrogen-bond acceptors (Lipinski definition) is 2. The molecule has 1 aromatic rings. The summed E-state index contributed by atoms with van der Waals surface area (Å²) in [6, 6.07) is 3.04. The van der Waals surface area contributed by atoms with E-state index in [9.17, 15) is 31.1 Å². The van der Waals surface area contributed by atoms with Crippen molar-refractivity contribution in [1.82, 2.24) is 5.32 Å². The molecule has 0 saturated heterocycles. The summed E-state index contributed by atoms with van der Waals surface area (Å²) in [5.74, 6) is -6.12. The van der Waals surface area contributed by atoms with Gasteiger partial charge in [-0.25, -0.2) is 0 Å². The SMILES string of the molecule is O=C(NCc1ccc(Br)s1)C(C(F)(F)F)C(F)(F)F. The second kappa shape index (κ2) is 5.70. The largest absolute Gasteiger partial charge is 0.409 e. The second-order valence-electron chi connectivity index (χ2n) is 3.44. The normalized spacial score (nSPS) is 12.8. The van der Waals surface area contributed by atoms with Gasteiger partial charge in [0, 0.05) is 4.88 Å². The van der Waals surface area contributed by atoms with Crippen molar-refractivity contribution in [3.05, 3.63) is 20.8 Å². The van der Waals surface area contributed by atoms with Crippen molar-refractivity contribution in [2.75, 3.05) is 0 Å². The number of amides is 1. The molecule has 0 aliphatic carbocycles. The number of carbonyl (C=O) groups excluding carboxylic acids is 1. The Morgan fingerprint density at radius 1 is 1.21 bits per heavy atom. The van der Waals surface area contributed by atoms with Crippen molar-refractivity contribution < 1.29 is 31.1 Å². The standard InChI is InChI=1S/C9H6BrF6NOS/c10-5-2-1-4(19-5)3-17-7(18)6(8(11,12)13)9(14,15)16/h1-2,6H,3H2,(H,17,18). The van der Waals surface area contributed by atoms with Crippen molar-refractivity contribution >= 4 is 33.2 Å². The van der Waals surface area contributed by atoms with Crippen LogP contribution >= 0.6 is 27.3 Å². The van der Waals surface area contributed by atoms with Crippen LogP contribution in [0.2, 0.25) is 0 Å². The third-order valence-corrected chi connectivity index (χ3v) is 3.61. The molecule has 0 saturated carbocycles. The van der Waals surface area contributed by atoms with E-state index in [0.717, 1.165) is 11.3 Å². The first-order valence-corrected chi connectivity index (χ1v) is 6.28. The van der Waals surface area contributed by atoms with Gasteiger partial charge in [0.1, 0.15) is 0 Å². The fourth-order valence-corrected chi connectivity index (χ4v) is 2.63. The lowest BCUT2D eigenvalue weighted by Crippen LogP contribution is -2.47. The van der Waals surface area contributed by atoms with E-state index >= 15 is 0 Å². The molecule has 1 aromatic heterocycles. The fourth-order valence-electron chi connectivity index (χ4n) is 1.21. The molecular formula is C9H6BrF6NOS. The highest BCUT2D eigenvalue weighted by atomic mass is 79.9. The minimum atomic E-state index is -5.67. The maximum Gasteiger partial charge on any atom is 0.409 e. The smallest absolute Gasteiger partial charge is 0.350 e. The molecule has 10 heteroatoms. The first-order valence-electron chi connectivity index (χ1n) is 4.67. The Morgan fingerprint density at radius 3 is 2.11 bits per heavy atom. The number of rotatable bonds is 3. The van der Waals surface area contributed by atoms with E-state index in [1.807, 2.05) is 0 Å². The molecule has 1 heterocycles. The van der Waals surface area contributed by atoms with E-state index in [1.165, 1.54) is 6.07 Å². The minimum absolute atomic E-state index is 0.391. The van der Waals surface area contributed by atoms with Crippen molar-refractivity contribution in [1.29, 1.82) is 0 Å². The van der Waals surface area contributed by atoms with Crippen LogP contribution in [0.15, 0.2) is 15.9 Å². The topological polar surface area (TPSA) is 29.1 Å². The molecule has 1 amide bonds. The van der Waals surface area contributed by atoms with Crippen LogP contribution in [0.25, 0.3) is 0 Å². The summed E-state index contributed by atoms with van der Waals surface area (Å²) in [7, 11) is 0. The maximum absolute atomic E-state index is 12.2. The minimum Gasteiger partial charge on any atom is -0.350 e. The fraction of sp³-hybridized carbons (Fsp3) is 0.444. The lowest BCUT2D eigenvalue weighted by atomic mass is 10.1. The van der Waals surface area contributed by atoms with Crippen LogP contribution in [-0.4, -0.2) is 18.3 Å². The molecule has 0 fully saturated rings. The Morgan fingerprint density at radius 2 is 1.74 bits per heavy atom. The monoisotopic (exact) mass is 369 g/mol. The summed E-state index contributed by atoms with van der Waals surface area (Å²) in [5, 5.41) is 1.64. The van der Waals surface area contributed by atoms with Gasteiger partial charge in [0.2, 0.25) is 11.8 Å². The summed E-state index contributed by atoms with van der Waals surface area (Å²) in [4.78, 5) is 11.5. The van der Waals surface area contributed by atoms with Gasteiger partial charge < -0.3 is 5.32 Å². The predicted molar refractivity (Wildman–Crippen MR) is 59.5 cm³/mol. The summed E-state index contributed by atoms with van der Waals surface area (Å²) in [6.45, 7) is -0.391. The molecule has 1 rings (SSSR count). The number of thiophene rings is 1. The van der Waals surface area contributed by atoms with Gasteiger partial charge in [-0.3, -0.25) is 4.79 Å². The van der Waals surface area contributed by atoms with Gasteiger partial charge in [0.25, 0.3) is 0 Å². The Hall–Kier alpha value is -0.770. The summed E-state index contributed by atoms with van der Waals surface area (Å²) in [5.41, 5.74) is 0. The maximum atomic E-state index is 12.2. The van der Waals surface area contributed by atoms with Crippen LogP contribution in [0.1, 0.15) is 4.88 Å². The predicted octanol–water partition coefficient (Wildman–Crippen LogP) is 3.87. The molecule has 0 aromatic carbocycles. The molecule has 19 heavy (non-hydrogen) atoms. The molecule has 0 aliphatic rings. The summed E-state index contributed by atoms with van der Waals surface area (Å²) in [6.07, 6.45) is -11.3. The highest BCUT2D eigenvalue weighted by Crippen LogP contribution is 2.39. The van der Waals surface area contributed by atoms with Crippen LogP contribution in [-0.2, 0) is 11.3 Å². The zero-order chi connectivity index (χ0) is 14.8. The first kappa shape index (κ1) is 16.3. The van der Waals surface area contributed by atoms with Crippen molar-refractivity contribution in [3.63, 3.8) is 0 Å². The second-order valence-corrected chi connectivity index (χ2v) is 5.99. The van der Waals surface area contributed by atoms with Crippen LogP contribution in [0.4, 0.5) is 26.3 Å². The molecule has 0 radical (unpaired) electrons. The number of hydrogen-bond donors (Lipinski definition) is 1. The average Bonchev–Trinajstić information content (AvgIpc) is 2.56. The van der Waals surface area contributed by atoms with E-state index in [4.69, 9.17) is 0 Å². The van der Waals surface area contributed by atoms with E-state index in [-0.39, 0.29) is 0 Å². The third kappa shape index (κ3) is 4.68. The van der Waals surface area contributed by atoms with Crippen molar-refractivity contribution in [2.45, 2.75) is 18.9 Å². The van der Waals surface area contributed by atoms with Crippen molar-refractivity contribution in [2.24, 2.45) is 5.92 Å². The van der Waals surface area contributed by atoms with Gasteiger partial charge in [0.05, 0.1) is 10.3 Å². The Balaban J connectivity index is 2.74. The average molecular weight is 370 g/mol. The first-order chi connectivity index (χ1) is 8.51. The van der Waals surface area contributed by atoms with Gasteiger partial charge in [-0.1, -0.05) is 0 Å². The molecule has 2 nitrogen and oxygen atoms in total. The molecule has 0 bridgehead atoms. The lowest BCUT2D eigenvalue weighted by Gasteiger charge is -2.21. The van der Waals surface area contributed by atoms with E-state index in [1.54, 1.807) is 11.4 Å². The highest BCUT2D eigenvalue weighted by Gasteiger charge is 2.60. The molecule has 1 N–H and O–H groups in total. The number of halogens is 7. The molecule has 0 aliphatic heterocycles. The Kier molecular flexibility index (Phi) is 4.88. The Labute approximate surface area is 115 Å². The van der Waals surface area contributed by atoms with Crippen molar-refractivity contribution in [3.8, 4) is 0 Å². The Bertz CT molecular complexity index is 440. The van der Waals surface area contributed by atoms with Gasteiger partial charge >= 0.3 is 12.4 Å². The molecule has 0 atom stereocenters. The van der Waals surface area contributed by atoms with Gasteiger partial charge in [-0.05, 0) is 28.1 Å². The molecular weight excluding hydrogens is 364 g/mol. The number of nitrogens with one attached hydrogen (secondary N) is 1.